The first-order chi connectivity index (χ1) is 9.29. The molecule has 2 aromatic rings. The molecule has 5 heteroatoms. The molecule has 0 fully saturated rings. The van der Waals surface area contributed by atoms with Crippen LogP contribution in [0, 0.1) is 0 Å². The molecule has 0 saturated heterocycles. The maximum atomic E-state index is 11.9. The van der Waals surface area contributed by atoms with Gasteiger partial charge in [0.25, 0.3) is 5.91 Å². The van der Waals surface area contributed by atoms with E-state index in [4.69, 9.17) is 5.11 Å². The topological polar surface area (TPSA) is 75.1 Å². The summed E-state index contributed by atoms with van der Waals surface area (Å²) in [6.45, 7) is 0.406. The first kappa shape index (κ1) is 13.2. The Bertz CT molecular complexity index is 543. The van der Waals surface area contributed by atoms with Gasteiger partial charge in [0.05, 0.1) is 12.2 Å². The van der Waals surface area contributed by atoms with E-state index in [9.17, 15) is 4.79 Å². The highest BCUT2D eigenvalue weighted by Crippen LogP contribution is 2.03. The van der Waals surface area contributed by atoms with Gasteiger partial charge in [-0.15, -0.1) is 0 Å². The summed E-state index contributed by atoms with van der Waals surface area (Å²) in [5.41, 5.74) is 2.04. The van der Waals surface area contributed by atoms with Crippen molar-refractivity contribution in [3.05, 3.63) is 59.7 Å². The van der Waals surface area contributed by atoms with Crippen LogP contribution in [0.3, 0.4) is 0 Å². The Kier molecular flexibility index (Phi) is 4.58. The molecule has 0 unspecified atom stereocenters. The lowest BCUT2D eigenvalue weighted by Gasteiger charge is -2.05. The number of hydrogen-bond acceptors (Lipinski definition) is 4. The lowest BCUT2D eigenvalue weighted by atomic mass is 10.2. The minimum absolute atomic E-state index is 0.0198. The normalized spacial score (nSPS) is 10.2. The van der Waals surface area contributed by atoms with Gasteiger partial charge in [-0.2, -0.15) is 0 Å². The zero-order valence-electron chi connectivity index (χ0n) is 10.4. The molecule has 2 rings (SSSR count). The lowest BCUT2D eigenvalue weighted by molar-refractivity contribution is 0.0950. The number of nitrogens with one attached hydrogen (secondary N) is 1. The standard InChI is InChI=1S/C14H15N3O2/c18-8-5-12-9-11(4-7-16-12)14(19)17-10-13-3-1-2-6-15-13/h1-4,6-7,9,18H,5,8,10H2,(H,17,19). The molecule has 0 aliphatic rings. The number of amides is 1. The van der Waals surface area contributed by atoms with Gasteiger partial charge in [-0.1, -0.05) is 6.07 Å². The third-order valence-corrected chi connectivity index (χ3v) is 2.60. The monoisotopic (exact) mass is 257 g/mol. The molecule has 0 aromatic carbocycles. The minimum Gasteiger partial charge on any atom is -0.396 e. The summed E-state index contributed by atoms with van der Waals surface area (Å²) in [6, 6.07) is 8.89. The number of pyridine rings is 2. The largest absolute Gasteiger partial charge is 0.396 e. The second-order valence-electron chi connectivity index (χ2n) is 4.01. The van der Waals surface area contributed by atoms with E-state index in [1.165, 1.54) is 0 Å². The molecule has 0 saturated carbocycles. The van der Waals surface area contributed by atoms with Crippen LogP contribution in [-0.2, 0) is 13.0 Å². The molecule has 0 atom stereocenters. The van der Waals surface area contributed by atoms with Crippen LogP contribution >= 0.6 is 0 Å². The van der Waals surface area contributed by atoms with Crippen molar-refractivity contribution < 1.29 is 9.90 Å². The third-order valence-electron chi connectivity index (χ3n) is 2.60. The number of nitrogens with zero attached hydrogens (tertiary/aromatic N) is 2. The number of carbonyl (C=O) groups is 1. The first-order valence-corrected chi connectivity index (χ1v) is 6.03. The zero-order valence-corrected chi connectivity index (χ0v) is 10.4. The van der Waals surface area contributed by atoms with Crippen LogP contribution in [0.5, 0.6) is 0 Å². The van der Waals surface area contributed by atoms with Crippen LogP contribution in [0.1, 0.15) is 21.7 Å². The predicted molar refractivity (Wildman–Crippen MR) is 70.4 cm³/mol. The highest BCUT2D eigenvalue weighted by Gasteiger charge is 2.06. The molecule has 1 amide bonds. The summed E-state index contributed by atoms with van der Waals surface area (Å²) < 4.78 is 0. The lowest BCUT2D eigenvalue weighted by Crippen LogP contribution is -2.23. The fraction of sp³-hybridized carbons (Fsp3) is 0.214. The number of hydrogen-bond donors (Lipinski definition) is 2. The molecule has 0 radical (unpaired) electrons. The third kappa shape index (κ3) is 3.86. The second-order valence-corrected chi connectivity index (χ2v) is 4.01. The van der Waals surface area contributed by atoms with Crippen LogP contribution in [0.15, 0.2) is 42.7 Å². The van der Waals surface area contributed by atoms with Crippen molar-refractivity contribution >= 4 is 5.91 Å². The van der Waals surface area contributed by atoms with E-state index < -0.39 is 0 Å². The molecule has 0 spiro atoms. The highest BCUT2D eigenvalue weighted by molar-refractivity contribution is 5.94. The van der Waals surface area contributed by atoms with Gasteiger partial charge in [-0.25, -0.2) is 0 Å². The maximum absolute atomic E-state index is 11.9. The predicted octanol–water partition coefficient (Wildman–Crippen LogP) is 0.941. The second kappa shape index (κ2) is 6.61. The van der Waals surface area contributed by atoms with Gasteiger partial charge >= 0.3 is 0 Å². The van der Waals surface area contributed by atoms with Gasteiger partial charge in [-0.3, -0.25) is 14.8 Å². The molecule has 19 heavy (non-hydrogen) atoms. The fourth-order valence-electron chi connectivity index (χ4n) is 1.65. The van der Waals surface area contributed by atoms with Crippen LogP contribution in [0.25, 0.3) is 0 Å². The molecular weight excluding hydrogens is 242 g/mol. The summed E-state index contributed by atoms with van der Waals surface area (Å²) in [7, 11) is 0. The molecule has 98 valence electrons. The zero-order chi connectivity index (χ0) is 13.5. The van der Waals surface area contributed by atoms with Crippen molar-refractivity contribution in [1.29, 1.82) is 0 Å². The maximum Gasteiger partial charge on any atom is 0.251 e. The van der Waals surface area contributed by atoms with Crippen LogP contribution in [-0.4, -0.2) is 27.6 Å². The van der Waals surface area contributed by atoms with Gasteiger partial charge < -0.3 is 10.4 Å². The van der Waals surface area contributed by atoms with Gasteiger partial charge in [-0.05, 0) is 24.3 Å². The number of rotatable bonds is 5. The van der Waals surface area contributed by atoms with Crippen LogP contribution in [0.4, 0.5) is 0 Å². The summed E-state index contributed by atoms with van der Waals surface area (Å²) in [5.74, 6) is -0.174. The van der Waals surface area contributed by atoms with Gasteiger partial charge in [0, 0.05) is 36.7 Å². The van der Waals surface area contributed by atoms with E-state index in [1.807, 2.05) is 18.2 Å². The Morgan fingerprint density at radius 3 is 2.74 bits per heavy atom. The molecule has 5 nitrogen and oxygen atoms in total. The Labute approximate surface area is 111 Å². The number of aliphatic hydroxyl groups excluding tert-OH is 1. The summed E-state index contributed by atoms with van der Waals surface area (Å²) in [4.78, 5) is 20.2. The smallest absolute Gasteiger partial charge is 0.251 e. The van der Waals surface area contributed by atoms with Crippen molar-refractivity contribution in [2.45, 2.75) is 13.0 Å². The van der Waals surface area contributed by atoms with Crippen molar-refractivity contribution in [1.82, 2.24) is 15.3 Å². The van der Waals surface area contributed by atoms with E-state index in [-0.39, 0.29) is 12.5 Å². The van der Waals surface area contributed by atoms with Gasteiger partial charge in [0.2, 0.25) is 0 Å². The highest BCUT2D eigenvalue weighted by atomic mass is 16.3. The first-order valence-electron chi connectivity index (χ1n) is 6.03. The Hall–Kier alpha value is -2.27. The molecular formula is C14H15N3O2. The van der Waals surface area contributed by atoms with E-state index in [0.29, 0.717) is 24.2 Å². The Morgan fingerprint density at radius 1 is 1.16 bits per heavy atom. The number of aromatic nitrogens is 2. The van der Waals surface area contributed by atoms with E-state index in [2.05, 4.69) is 15.3 Å². The number of carbonyl (C=O) groups excluding carboxylic acids is 1. The molecule has 0 aliphatic carbocycles. The van der Waals surface area contributed by atoms with E-state index >= 15 is 0 Å². The molecule has 0 bridgehead atoms. The summed E-state index contributed by atoms with van der Waals surface area (Å²) in [5, 5.41) is 11.6. The van der Waals surface area contributed by atoms with Crippen LogP contribution in [0.2, 0.25) is 0 Å². The van der Waals surface area contributed by atoms with Crippen molar-refractivity contribution in [3.63, 3.8) is 0 Å². The van der Waals surface area contributed by atoms with Crippen molar-refractivity contribution in [2.24, 2.45) is 0 Å². The SMILES string of the molecule is O=C(NCc1ccccn1)c1ccnc(CCO)c1. The minimum atomic E-state index is -0.174. The van der Waals surface area contributed by atoms with E-state index in [0.717, 1.165) is 5.69 Å². The Morgan fingerprint density at radius 2 is 2.00 bits per heavy atom. The molecule has 2 heterocycles. The average molecular weight is 257 g/mol. The average Bonchev–Trinajstić information content (AvgIpc) is 2.46. The summed E-state index contributed by atoms with van der Waals surface area (Å²) >= 11 is 0. The van der Waals surface area contributed by atoms with Gasteiger partial charge in [0.15, 0.2) is 0 Å². The van der Waals surface area contributed by atoms with Gasteiger partial charge in [0.1, 0.15) is 0 Å². The molecule has 0 aliphatic heterocycles. The number of aliphatic hydroxyl groups is 1. The van der Waals surface area contributed by atoms with Crippen LogP contribution < -0.4 is 5.32 Å². The summed E-state index contributed by atoms with van der Waals surface area (Å²) in [6.07, 6.45) is 3.70. The Balaban J connectivity index is 1.98. The van der Waals surface area contributed by atoms with Crippen molar-refractivity contribution in [3.8, 4) is 0 Å². The molecule has 2 aromatic heterocycles. The molecule has 2 N–H and O–H groups in total. The quantitative estimate of drug-likeness (QED) is 0.836. The van der Waals surface area contributed by atoms with E-state index in [1.54, 1.807) is 24.5 Å². The fourth-order valence-corrected chi connectivity index (χ4v) is 1.65. The van der Waals surface area contributed by atoms with Crippen molar-refractivity contribution in [2.75, 3.05) is 6.61 Å².